The minimum Gasteiger partial charge on any atom is -0.596 e. The van der Waals surface area contributed by atoms with Crippen molar-refractivity contribution in [1.82, 2.24) is 19.8 Å². The molecule has 0 aliphatic carbocycles. The fourth-order valence-electron chi connectivity index (χ4n) is 3.87. The molecule has 2 aliphatic heterocycles. The number of ether oxygens (including phenoxy) is 2. The smallest absolute Gasteiger partial charge is 0.351 e. The van der Waals surface area contributed by atoms with Gasteiger partial charge in [-0.15, -0.1) is 0 Å². The van der Waals surface area contributed by atoms with Gasteiger partial charge in [0.15, 0.2) is 5.82 Å². The molecule has 0 radical (unpaired) electrons. The van der Waals surface area contributed by atoms with Crippen LogP contribution in [0.2, 0.25) is 0 Å². The number of methoxy groups -OCH3 is 1. The summed E-state index contributed by atoms with van der Waals surface area (Å²) in [7, 11) is 0.987. The molecular formula is C23H42N5O5P. The van der Waals surface area contributed by atoms with Crippen LogP contribution in [-0.2, 0) is 14.0 Å². The first-order valence-electron chi connectivity index (χ1n) is 12.2. The van der Waals surface area contributed by atoms with E-state index >= 15 is 0 Å². The Kier molecular flexibility index (Phi) is 14.3. The van der Waals surface area contributed by atoms with Crippen LogP contribution in [0, 0.1) is 12.8 Å². The van der Waals surface area contributed by atoms with E-state index in [9.17, 15) is 14.3 Å². The molecule has 2 fully saturated rings. The molecule has 4 atom stereocenters. The van der Waals surface area contributed by atoms with E-state index in [1.54, 1.807) is 6.20 Å². The molecule has 34 heavy (non-hydrogen) atoms. The fourth-order valence-corrected chi connectivity index (χ4v) is 4.63. The Balaban J connectivity index is 0.000000733. The van der Waals surface area contributed by atoms with Crippen molar-refractivity contribution in [3.8, 4) is 0 Å². The summed E-state index contributed by atoms with van der Waals surface area (Å²) in [6, 6.07) is 0. The second kappa shape index (κ2) is 16.1. The minimum absolute atomic E-state index is 0.0130. The Morgan fingerprint density at radius 3 is 2.53 bits per heavy atom. The van der Waals surface area contributed by atoms with E-state index in [1.165, 1.54) is 11.7 Å². The molecule has 0 bridgehead atoms. The first-order chi connectivity index (χ1) is 16.3. The van der Waals surface area contributed by atoms with Crippen molar-refractivity contribution in [1.29, 1.82) is 0 Å². The second-order valence-electron chi connectivity index (χ2n) is 8.04. The second-order valence-corrected chi connectivity index (χ2v) is 9.07. The lowest BCUT2D eigenvalue weighted by Crippen LogP contribution is -2.28. The monoisotopic (exact) mass is 499 g/mol. The largest absolute Gasteiger partial charge is 0.596 e. The maximum atomic E-state index is 12.6. The standard InChI is InChI=1S/C17H25N4O5P.C4H11N.C2H6/c1-11-8-21(15-7-12(10-27(23)24)13(26-15)9-25-3)17(22)19-16(11)18-14-5-4-6-20(14)2;1-3-5-4-2;1-2/h8,12-13,15H,4-7,9-10H2,1-3H3;5H,3-4H2,1-2H3;1-2H3/t12-,13-,15-;;/m1../s1. The molecule has 194 valence electrons. The Morgan fingerprint density at radius 2 is 2.03 bits per heavy atom. The highest BCUT2D eigenvalue weighted by Gasteiger charge is 2.39. The van der Waals surface area contributed by atoms with Crippen LogP contribution in [-0.4, -0.2) is 73.0 Å². The van der Waals surface area contributed by atoms with Crippen molar-refractivity contribution in [2.24, 2.45) is 10.9 Å². The summed E-state index contributed by atoms with van der Waals surface area (Å²) in [6.07, 6.45) is 3.13. The molecule has 0 spiro atoms. The molecule has 0 saturated carbocycles. The van der Waals surface area contributed by atoms with Gasteiger partial charge in [-0.25, -0.2) is 9.79 Å². The van der Waals surface area contributed by atoms with Crippen molar-refractivity contribution in [3.05, 3.63) is 22.2 Å². The van der Waals surface area contributed by atoms with E-state index in [1.807, 2.05) is 27.8 Å². The highest BCUT2D eigenvalue weighted by molar-refractivity contribution is 7.36. The Labute approximate surface area is 204 Å². The van der Waals surface area contributed by atoms with E-state index in [2.05, 4.69) is 34.0 Å². The summed E-state index contributed by atoms with van der Waals surface area (Å²) in [5, 5.41) is 3.11. The average Bonchev–Trinajstić information content (AvgIpc) is 3.38. The maximum Gasteiger partial charge on any atom is 0.351 e. The molecule has 1 unspecified atom stereocenters. The number of aromatic nitrogens is 2. The Bertz CT molecular complexity index is 846. The van der Waals surface area contributed by atoms with Crippen molar-refractivity contribution in [2.45, 2.75) is 66.2 Å². The molecule has 0 amide bonds. The van der Waals surface area contributed by atoms with E-state index < -0.39 is 19.9 Å². The van der Waals surface area contributed by atoms with Crippen molar-refractivity contribution in [3.63, 3.8) is 0 Å². The average molecular weight is 500 g/mol. The minimum atomic E-state index is -2.53. The summed E-state index contributed by atoms with van der Waals surface area (Å²) >= 11 is 0. The van der Waals surface area contributed by atoms with Gasteiger partial charge in [-0.3, -0.25) is 4.57 Å². The van der Waals surface area contributed by atoms with Crippen molar-refractivity contribution in [2.75, 3.05) is 46.6 Å². The highest BCUT2D eigenvalue weighted by atomic mass is 31.1. The summed E-state index contributed by atoms with van der Waals surface area (Å²) in [5.74, 6) is 1.14. The van der Waals surface area contributed by atoms with Crippen molar-refractivity contribution >= 4 is 19.7 Å². The summed E-state index contributed by atoms with van der Waals surface area (Å²) in [6.45, 7) is 13.5. The third-order valence-corrected chi connectivity index (χ3v) is 6.33. The van der Waals surface area contributed by atoms with Crippen LogP contribution in [0.15, 0.2) is 16.0 Å². The zero-order valence-corrected chi connectivity index (χ0v) is 22.6. The fraction of sp³-hybridized carbons (Fsp3) is 0.783. The van der Waals surface area contributed by atoms with Gasteiger partial charge in [-0.2, -0.15) is 4.98 Å². The summed E-state index contributed by atoms with van der Waals surface area (Å²) in [4.78, 5) is 34.5. The van der Waals surface area contributed by atoms with Crippen LogP contribution >= 0.6 is 8.03 Å². The lowest BCUT2D eigenvalue weighted by atomic mass is 10.0. The zero-order valence-electron chi connectivity index (χ0n) is 21.7. The number of rotatable bonds is 8. The molecule has 2 aliphatic rings. The van der Waals surface area contributed by atoms with E-state index in [0.717, 1.165) is 43.9 Å². The van der Waals surface area contributed by atoms with Crippen LogP contribution in [0.1, 0.15) is 58.7 Å². The Hall–Kier alpha value is -1.71. The lowest BCUT2D eigenvalue weighted by Gasteiger charge is -2.17. The number of aryl methyl sites for hydroxylation is 1. The van der Waals surface area contributed by atoms with E-state index in [0.29, 0.717) is 12.2 Å². The number of nitrogens with zero attached hydrogens (tertiary/aromatic N) is 4. The first kappa shape index (κ1) is 30.3. The Morgan fingerprint density at radius 1 is 1.35 bits per heavy atom. The van der Waals surface area contributed by atoms with Gasteiger partial charge in [0.25, 0.3) is 0 Å². The van der Waals surface area contributed by atoms with Crippen LogP contribution in [0.3, 0.4) is 0 Å². The van der Waals surface area contributed by atoms with Crippen LogP contribution in [0.4, 0.5) is 5.82 Å². The molecule has 10 nitrogen and oxygen atoms in total. The zero-order chi connectivity index (χ0) is 25.7. The first-order valence-corrected chi connectivity index (χ1v) is 13.5. The summed E-state index contributed by atoms with van der Waals surface area (Å²) < 4.78 is 23.6. The molecule has 3 rings (SSSR count). The number of hydrogen-bond donors (Lipinski definition) is 1. The van der Waals surface area contributed by atoms with Gasteiger partial charge in [-0.05, 0) is 26.4 Å². The molecular weight excluding hydrogens is 457 g/mol. The van der Waals surface area contributed by atoms with Gasteiger partial charge in [0.05, 0.1) is 12.7 Å². The van der Waals surface area contributed by atoms with Gasteiger partial charge in [0, 0.05) is 51.2 Å². The number of hydrogen-bond acceptors (Lipinski definition) is 8. The van der Waals surface area contributed by atoms with Crippen LogP contribution in [0.5, 0.6) is 0 Å². The molecule has 11 heteroatoms. The third kappa shape index (κ3) is 9.15. The van der Waals surface area contributed by atoms with Crippen LogP contribution < -0.4 is 15.9 Å². The normalized spacial score (nSPS) is 23.3. The number of aliphatic imine (C=N–C) groups is 1. The van der Waals surface area contributed by atoms with Crippen LogP contribution in [0.25, 0.3) is 0 Å². The third-order valence-electron chi connectivity index (χ3n) is 5.56. The number of nitrogens with one attached hydrogen (secondary N) is 1. The molecule has 1 N–H and O–H groups in total. The molecule has 2 saturated heterocycles. The lowest BCUT2D eigenvalue weighted by molar-refractivity contribution is -0.165. The predicted molar refractivity (Wildman–Crippen MR) is 134 cm³/mol. The summed E-state index contributed by atoms with van der Waals surface area (Å²) in [5.41, 5.74) is 0.321. The topological polar surface area (TPSA) is 121 Å². The van der Waals surface area contributed by atoms with Gasteiger partial charge < -0.3 is 24.6 Å². The number of likely N-dealkylation sites (tertiary alicyclic amines) is 1. The SMILES string of the molecule is CC.CCNCC.COC[C@H]1O[C@@H](n2cc(C)c(N=C3CCCN3C)nc2=O)C[C@@H]1C[P+](=O)[O-]. The van der Waals surface area contributed by atoms with Gasteiger partial charge in [0.1, 0.15) is 18.2 Å². The van der Waals surface area contributed by atoms with Crippen molar-refractivity contribution < 1.29 is 18.9 Å². The maximum absolute atomic E-state index is 12.6. The molecule has 1 aromatic rings. The van der Waals surface area contributed by atoms with Gasteiger partial charge >= 0.3 is 13.7 Å². The number of amidine groups is 1. The molecule has 0 aromatic carbocycles. The quantitative estimate of drug-likeness (QED) is 0.542. The molecule has 1 aromatic heterocycles. The van der Waals surface area contributed by atoms with E-state index in [-0.39, 0.29) is 24.8 Å². The predicted octanol–water partition coefficient (Wildman–Crippen LogP) is 2.60. The van der Waals surface area contributed by atoms with Gasteiger partial charge in [-0.1, -0.05) is 32.3 Å². The van der Waals surface area contributed by atoms with E-state index in [4.69, 9.17) is 9.47 Å². The van der Waals surface area contributed by atoms with Gasteiger partial charge in [0.2, 0.25) is 0 Å². The molecule has 3 heterocycles. The highest BCUT2D eigenvalue weighted by Crippen LogP contribution is 2.36.